The average molecular weight is 239 g/mol. The molecule has 1 aliphatic carbocycles. The van der Waals surface area contributed by atoms with Crippen molar-refractivity contribution < 1.29 is 9.53 Å². The third kappa shape index (κ3) is 3.44. The molecule has 2 aliphatic rings. The third-order valence-electron chi connectivity index (χ3n) is 4.10. The molecule has 98 valence electrons. The Hall–Kier alpha value is -0.570. The summed E-state index contributed by atoms with van der Waals surface area (Å²) >= 11 is 0. The monoisotopic (exact) mass is 239 g/mol. The van der Waals surface area contributed by atoms with Crippen molar-refractivity contribution in [3.8, 4) is 0 Å². The van der Waals surface area contributed by atoms with Crippen LogP contribution in [0.3, 0.4) is 0 Å². The maximum absolute atomic E-state index is 12.3. The predicted molar refractivity (Wildman–Crippen MR) is 67.9 cm³/mol. The Morgan fingerprint density at radius 1 is 1.18 bits per heavy atom. The van der Waals surface area contributed by atoms with Crippen molar-refractivity contribution in [2.75, 3.05) is 13.2 Å². The molecule has 0 spiro atoms. The molecule has 2 fully saturated rings. The van der Waals surface area contributed by atoms with Gasteiger partial charge in [0.2, 0.25) is 5.91 Å². The van der Waals surface area contributed by atoms with Gasteiger partial charge in [0.25, 0.3) is 0 Å². The van der Waals surface area contributed by atoms with Crippen LogP contribution in [0.1, 0.15) is 58.3 Å². The van der Waals surface area contributed by atoms with Crippen LogP contribution in [0.5, 0.6) is 0 Å². The maximum atomic E-state index is 12.3. The Morgan fingerprint density at radius 3 is 2.53 bits per heavy atom. The second-order valence-electron chi connectivity index (χ2n) is 5.31. The first-order chi connectivity index (χ1) is 8.31. The van der Waals surface area contributed by atoms with E-state index in [2.05, 4.69) is 11.8 Å². The zero-order chi connectivity index (χ0) is 12.1. The van der Waals surface area contributed by atoms with E-state index < -0.39 is 0 Å². The molecule has 1 saturated heterocycles. The smallest absolute Gasteiger partial charge is 0.225 e. The molecule has 1 atom stereocenters. The van der Waals surface area contributed by atoms with Gasteiger partial charge in [-0.2, -0.15) is 0 Å². The molecule has 3 heteroatoms. The molecule has 0 radical (unpaired) electrons. The molecular formula is C14H25NO2. The van der Waals surface area contributed by atoms with Gasteiger partial charge in [0.15, 0.2) is 0 Å². The van der Waals surface area contributed by atoms with E-state index in [0.717, 1.165) is 26.0 Å². The van der Waals surface area contributed by atoms with Crippen molar-refractivity contribution in [1.82, 2.24) is 4.90 Å². The number of nitrogens with zero attached hydrogens (tertiary/aromatic N) is 1. The number of hydrogen-bond donors (Lipinski definition) is 0. The number of amides is 1. The fraction of sp³-hybridized carbons (Fsp3) is 0.929. The Labute approximate surface area is 105 Å². The summed E-state index contributed by atoms with van der Waals surface area (Å²) in [6.45, 7) is 3.80. The molecule has 2 rings (SSSR count). The zero-order valence-electron chi connectivity index (χ0n) is 11.0. The largest absolute Gasteiger partial charge is 0.378 e. The SMILES string of the molecule is CCN(C(=O)CC1CCCO1)C1CCCCC1. The zero-order valence-corrected chi connectivity index (χ0v) is 11.0. The van der Waals surface area contributed by atoms with Crippen LogP contribution in [-0.4, -0.2) is 36.1 Å². The highest BCUT2D eigenvalue weighted by Gasteiger charge is 2.27. The molecule has 0 bridgehead atoms. The third-order valence-corrected chi connectivity index (χ3v) is 4.10. The van der Waals surface area contributed by atoms with E-state index in [1.54, 1.807) is 0 Å². The van der Waals surface area contributed by atoms with Crippen LogP contribution in [-0.2, 0) is 9.53 Å². The van der Waals surface area contributed by atoms with Crippen molar-refractivity contribution in [3.05, 3.63) is 0 Å². The molecule has 3 nitrogen and oxygen atoms in total. The molecule has 1 unspecified atom stereocenters. The van der Waals surface area contributed by atoms with Gasteiger partial charge in [0, 0.05) is 19.2 Å². The summed E-state index contributed by atoms with van der Waals surface area (Å²) < 4.78 is 5.56. The molecule has 1 aliphatic heterocycles. The summed E-state index contributed by atoms with van der Waals surface area (Å²) in [6.07, 6.45) is 9.29. The molecule has 1 heterocycles. The van der Waals surface area contributed by atoms with E-state index in [1.807, 2.05) is 0 Å². The van der Waals surface area contributed by atoms with Crippen molar-refractivity contribution in [2.45, 2.75) is 70.4 Å². The summed E-state index contributed by atoms with van der Waals surface area (Å²) in [5.41, 5.74) is 0. The van der Waals surface area contributed by atoms with Gasteiger partial charge in [-0.05, 0) is 32.6 Å². The lowest BCUT2D eigenvalue weighted by Gasteiger charge is -2.34. The highest BCUT2D eigenvalue weighted by atomic mass is 16.5. The van der Waals surface area contributed by atoms with E-state index in [9.17, 15) is 4.79 Å². The molecule has 0 aromatic carbocycles. The Kier molecular flexibility index (Phi) is 4.84. The lowest BCUT2D eigenvalue weighted by atomic mass is 9.94. The van der Waals surface area contributed by atoms with Crippen LogP contribution in [0.15, 0.2) is 0 Å². The van der Waals surface area contributed by atoms with Crippen LogP contribution in [0, 0.1) is 0 Å². The molecule has 1 amide bonds. The standard InChI is InChI=1S/C14H25NO2/c1-2-15(12-7-4-3-5-8-12)14(16)11-13-9-6-10-17-13/h12-13H,2-11H2,1H3. The minimum Gasteiger partial charge on any atom is -0.378 e. The predicted octanol–water partition coefficient (Wildman–Crippen LogP) is 2.74. The number of ether oxygens (including phenoxy) is 1. The second kappa shape index (κ2) is 6.39. The lowest BCUT2D eigenvalue weighted by Crippen LogP contribution is -2.42. The lowest BCUT2D eigenvalue weighted by molar-refractivity contribution is -0.136. The van der Waals surface area contributed by atoms with Crippen molar-refractivity contribution >= 4 is 5.91 Å². The van der Waals surface area contributed by atoms with Gasteiger partial charge in [0.1, 0.15) is 0 Å². The molecule has 17 heavy (non-hydrogen) atoms. The molecule has 0 aromatic heterocycles. The van der Waals surface area contributed by atoms with E-state index in [4.69, 9.17) is 4.74 Å². The van der Waals surface area contributed by atoms with Crippen LogP contribution in [0.25, 0.3) is 0 Å². The molecule has 1 saturated carbocycles. The van der Waals surface area contributed by atoms with Crippen molar-refractivity contribution in [1.29, 1.82) is 0 Å². The summed E-state index contributed by atoms with van der Waals surface area (Å²) in [6, 6.07) is 0.502. The van der Waals surface area contributed by atoms with E-state index in [0.29, 0.717) is 18.4 Å². The van der Waals surface area contributed by atoms with Gasteiger partial charge < -0.3 is 9.64 Å². The molecule has 0 N–H and O–H groups in total. The first-order valence-corrected chi connectivity index (χ1v) is 7.22. The first-order valence-electron chi connectivity index (χ1n) is 7.22. The summed E-state index contributed by atoms with van der Waals surface area (Å²) in [7, 11) is 0. The van der Waals surface area contributed by atoms with Crippen LogP contribution in [0.2, 0.25) is 0 Å². The minimum atomic E-state index is 0.195. The highest BCUT2D eigenvalue weighted by molar-refractivity contribution is 5.77. The second-order valence-corrected chi connectivity index (χ2v) is 5.31. The molecular weight excluding hydrogens is 214 g/mol. The Balaban J connectivity index is 1.84. The maximum Gasteiger partial charge on any atom is 0.225 e. The van der Waals surface area contributed by atoms with Gasteiger partial charge in [0.05, 0.1) is 12.5 Å². The normalized spacial score (nSPS) is 26.1. The number of carbonyl (C=O) groups excluding carboxylic acids is 1. The van der Waals surface area contributed by atoms with E-state index in [-0.39, 0.29) is 6.10 Å². The minimum absolute atomic E-state index is 0.195. The summed E-state index contributed by atoms with van der Waals surface area (Å²) in [5, 5.41) is 0. The summed E-state index contributed by atoms with van der Waals surface area (Å²) in [4.78, 5) is 14.4. The topological polar surface area (TPSA) is 29.5 Å². The average Bonchev–Trinajstić information content (AvgIpc) is 2.84. The first kappa shape index (κ1) is 12.9. The fourth-order valence-corrected chi connectivity index (χ4v) is 3.15. The molecule has 0 aromatic rings. The van der Waals surface area contributed by atoms with Crippen LogP contribution in [0.4, 0.5) is 0 Å². The van der Waals surface area contributed by atoms with E-state index in [1.165, 1.54) is 32.1 Å². The Bertz CT molecular complexity index is 243. The van der Waals surface area contributed by atoms with Crippen LogP contribution < -0.4 is 0 Å². The van der Waals surface area contributed by atoms with Gasteiger partial charge in [-0.25, -0.2) is 0 Å². The number of rotatable bonds is 4. The van der Waals surface area contributed by atoms with Gasteiger partial charge in [-0.15, -0.1) is 0 Å². The fourth-order valence-electron chi connectivity index (χ4n) is 3.15. The number of hydrogen-bond acceptors (Lipinski definition) is 2. The van der Waals surface area contributed by atoms with Crippen molar-refractivity contribution in [3.63, 3.8) is 0 Å². The quantitative estimate of drug-likeness (QED) is 0.755. The number of carbonyl (C=O) groups is 1. The van der Waals surface area contributed by atoms with Crippen molar-refractivity contribution in [2.24, 2.45) is 0 Å². The van der Waals surface area contributed by atoms with Gasteiger partial charge >= 0.3 is 0 Å². The van der Waals surface area contributed by atoms with E-state index >= 15 is 0 Å². The highest BCUT2D eigenvalue weighted by Crippen LogP contribution is 2.24. The van der Waals surface area contributed by atoms with Gasteiger partial charge in [-0.1, -0.05) is 19.3 Å². The summed E-state index contributed by atoms with van der Waals surface area (Å²) in [5.74, 6) is 0.311. The Morgan fingerprint density at radius 2 is 1.94 bits per heavy atom. The van der Waals surface area contributed by atoms with Gasteiger partial charge in [-0.3, -0.25) is 4.79 Å². The van der Waals surface area contributed by atoms with Crippen LogP contribution >= 0.6 is 0 Å².